The van der Waals surface area contributed by atoms with Crippen LogP contribution in [-0.2, 0) is 9.59 Å². The van der Waals surface area contributed by atoms with Gasteiger partial charge in [0.1, 0.15) is 11.6 Å². The van der Waals surface area contributed by atoms with Crippen molar-refractivity contribution in [3.8, 4) is 12.1 Å². The van der Waals surface area contributed by atoms with Crippen molar-refractivity contribution in [2.45, 2.75) is 26.2 Å². The van der Waals surface area contributed by atoms with Gasteiger partial charge >= 0.3 is 11.9 Å². The summed E-state index contributed by atoms with van der Waals surface area (Å²) in [5.74, 6) is -2.25. The van der Waals surface area contributed by atoms with E-state index < -0.39 is 17.5 Å². The van der Waals surface area contributed by atoms with E-state index in [1.165, 1.54) is 6.07 Å². The first-order chi connectivity index (χ1) is 8.40. The molecule has 0 spiro atoms. The van der Waals surface area contributed by atoms with Crippen molar-refractivity contribution in [2.75, 3.05) is 0 Å². The molecule has 0 unspecified atom stereocenters. The highest BCUT2D eigenvalue weighted by Crippen LogP contribution is 2.06. The Hall–Kier alpha value is -2.60. The van der Waals surface area contributed by atoms with Crippen molar-refractivity contribution >= 4 is 11.9 Å². The summed E-state index contributed by atoms with van der Waals surface area (Å²) in [6.45, 7) is 4.89. The van der Waals surface area contributed by atoms with Crippen LogP contribution in [0.3, 0.4) is 0 Å². The average Bonchev–Trinajstić information content (AvgIpc) is 2.33. The van der Waals surface area contributed by atoms with Gasteiger partial charge in [-0.15, -0.1) is 0 Å². The maximum atomic E-state index is 10.4. The van der Waals surface area contributed by atoms with E-state index >= 15 is 0 Å². The fourth-order valence-corrected chi connectivity index (χ4v) is 0.734. The van der Waals surface area contributed by atoms with Gasteiger partial charge in [0.15, 0.2) is 0 Å². The number of unbranched alkanes of at least 4 members (excludes halogenated alkanes) is 1. The molecule has 6 heteroatoms. The van der Waals surface area contributed by atoms with Gasteiger partial charge in [0.25, 0.3) is 0 Å². The van der Waals surface area contributed by atoms with Gasteiger partial charge in [-0.2, -0.15) is 10.5 Å². The second-order valence-corrected chi connectivity index (χ2v) is 3.10. The Labute approximate surface area is 105 Å². The summed E-state index contributed by atoms with van der Waals surface area (Å²) >= 11 is 0. The molecule has 6 nitrogen and oxygen atoms in total. The van der Waals surface area contributed by atoms with Gasteiger partial charge in [0, 0.05) is 11.6 Å². The van der Waals surface area contributed by atoms with Gasteiger partial charge in [-0.05, 0) is 12.8 Å². The first kappa shape index (κ1) is 17.8. The van der Waals surface area contributed by atoms with Crippen LogP contribution in [-0.4, -0.2) is 22.2 Å². The van der Waals surface area contributed by atoms with Crippen molar-refractivity contribution in [1.29, 1.82) is 10.5 Å². The summed E-state index contributed by atoms with van der Waals surface area (Å²) in [4.78, 5) is 20.0. The predicted octanol–water partition coefficient (Wildman–Crippen LogP) is 1.86. The molecule has 0 radical (unpaired) electrons. The van der Waals surface area contributed by atoms with Crippen LogP contribution in [0.1, 0.15) is 26.2 Å². The number of rotatable bonds is 5. The topological polar surface area (TPSA) is 122 Å². The molecule has 0 amide bonds. The maximum Gasteiger partial charge on any atom is 0.345 e. The summed E-state index contributed by atoms with van der Waals surface area (Å²) < 4.78 is 0. The van der Waals surface area contributed by atoms with E-state index in [2.05, 4.69) is 6.58 Å². The molecule has 2 N–H and O–H groups in total. The highest BCUT2D eigenvalue weighted by Gasteiger charge is 2.04. The summed E-state index contributed by atoms with van der Waals surface area (Å²) in [5.41, 5.74) is -0.227. The summed E-state index contributed by atoms with van der Waals surface area (Å²) in [6, 6.07) is 3.09. The highest BCUT2D eigenvalue weighted by atomic mass is 16.4. The third kappa shape index (κ3) is 9.94. The Balaban J connectivity index is 0. The molecule has 0 aromatic heterocycles. The van der Waals surface area contributed by atoms with Crippen molar-refractivity contribution < 1.29 is 19.8 Å². The molecule has 0 saturated carbocycles. The van der Waals surface area contributed by atoms with Crippen molar-refractivity contribution in [2.24, 2.45) is 0 Å². The molecule has 0 aliphatic rings. The lowest BCUT2D eigenvalue weighted by molar-refractivity contribution is -0.133. The molecule has 0 aliphatic heterocycles. The van der Waals surface area contributed by atoms with Crippen LogP contribution in [0.5, 0.6) is 0 Å². The fourth-order valence-electron chi connectivity index (χ4n) is 0.734. The van der Waals surface area contributed by atoms with Gasteiger partial charge in [0.2, 0.25) is 0 Å². The number of carboxylic acids is 2. The molecule has 0 aromatic rings. The Bertz CT molecular complexity index is 424. The average molecular weight is 250 g/mol. The van der Waals surface area contributed by atoms with Crippen LogP contribution < -0.4 is 0 Å². The number of carbonyl (C=O) groups is 2. The monoisotopic (exact) mass is 250 g/mol. The van der Waals surface area contributed by atoms with Gasteiger partial charge in [-0.25, -0.2) is 9.59 Å². The second kappa shape index (κ2) is 10.9. The minimum absolute atomic E-state index is 0.203. The number of hydrogen-bond donors (Lipinski definition) is 2. The third-order valence-electron chi connectivity index (χ3n) is 1.71. The van der Waals surface area contributed by atoms with Crippen molar-refractivity contribution in [3.05, 3.63) is 23.8 Å². The van der Waals surface area contributed by atoms with Gasteiger partial charge < -0.3 is 10.2 Å². The predicted molar refractivity (Wildman–Crippen MR) is 63.2 cm³/mol. The molecular formula is C12H14N2O4. The van der Waals surface area contributed by atoms with Crippen LogP contribution in [0.15, 0.2) is 23.8 Å². The van der Waals surface area contributed by atoms with Gasteiger partial charge in [-0.3, -0.25) is 0 Å². The van der Waals surface area contributed by atoms with Gasteiger partial charge in [-0.1, -0.05) is 19.9 Å². The highest BCUT2D eigenvalue weighted by molar-refractivity contribution is 5.90. The summed E-state index contributed by atoms with van der Waals surface area (Å²) in [5, 5.41) is 32.3. The number of nitrogens with zero attached hydrogens (tertiary/aromatic N) is 2. The zero-order chi connectivity index (χ0) is 14.6. The minimum atomic E-state index is -1.26. The molecule has 0 atom stereocenters. The molecule has 0 fully saturated rings. The minimum Gasteiger partial charge on any atom is -0.478 e. The number of carboxylic acid groups (broad SMARTS) is 2. The van der Waals surface area contributed by atoms with E-state index in [4.69, 9.17) is 20.7 Å². The standard InChI is InChI=1S/C8H11NO2.C4H3NO2/c1-2-3-4-7(5-6-9)8(10)11;1-3(2-5)4(6)7/h5H,2-4H2,1H3,(H,10,11);1H2,(H,6,7)/b7-5-;. The number of hydrogen-bond acceptors (Lipinski definition) is 4. The fraction of sp³-hybridized carbons (Fsp3) is 0.333. The lowest BCUT2D eigenvalue weighted by atomic mass is 10.1. The molecule has 0 rings (SSSR count). The molecular weight excluding hydrogens is 236 g/mol. The number of aliphatic carboxylic acids is 2. The maximum absolute atomic E-state index is 10.4. The van der Waals surface area contributed by atoms with E-state index in [1.807, 2.05) is 6.92 Å². The quantitative estimate of drug-likeness (QED) is 0.567. The Kier molecular flexibility index (Phi) is 10.8. The number of allylic oxidation sites excluding steroid dienone is 1. The third-order valence-corrected chi connectivity index (χ3v) is 1.71. The summed E-state index contributed by atoms with van der Waals surface area (Å²) in [6.07, 6.45) is 3.34. The van der Waals surface area contributed by atoms with Crippen LogP contribution >= 0.6 is 0 Å². The zero-order valence-corrected chi connectivity index (χ0v) is 10.0. The second-order valence-electron chi connectivity index (χ2n) is 3.10. The Morgan fingerprint density at radius 1 is 1.28 bits per heavy atom. The van der Waals surface area contributed by atoms with E-state index in [0.29, 0.717) is 6.42 Å². The molecule has 0 aliphatic carbocycles. The Morgan fingerprint density at radius 2 is 1.83 bits per heavy atom. The smallest absolute Gasteiger partial charge is 0.345 e. The number of nitriles is 2. The van der Waals surface area contributed by atoms with Crippen LogP contribution in [0.4, 0.5) is 0 Å². The van der Waals surface area contributed by atoms with Crippen LogP contribution in [0.25, 0.3) is 0 Å². The first-order valence-electron chi connectivity index (χ1n) is 5.04. The Morgan fingerprint density at radius 3 is 2.06 bits per heavy atom. The molecule has 0 aromatic carbocycles. The molecule has 18 heavy (non-hydrogen) atoms. The van der Waals surface area contributed by atoms with E-state index in [-0.39, 0.29) is 5.57 Å². The summed E-state index contributed by atoms with van der Waals surface area (Å²) in [7, 11) is 0. The largest absolute Gasteiger partial charge is 0.478 e. The van der Waals surface area contributed by atoms with Gasteiger partial charge in [0.05, 0.1) is 6.07 Å². The normalized spacial score (nSPS) is 9.17. The first-order valence-corrected chi connectivity index (χ1v) is 5.04. The van der Waals surface area contributed by atoms with E-state index in [1.54, 1.807) is 6.07 Å². The van der Waals surface area contributed by atoms with Crippen molar-refractivity contribution in [1.82, 2.24) is 0 Å². The lowest BCUT2D eigenvalue weighted by Gasteiger charge is -1.96. The zero-order valence-electron chi connectivity index (χ0n) is 10.0. The SMILES string of the molecule is C=C(C#N)C(=O)O.CCCC/C(=C/C#N)C(=O)O. The molecule has 96 valence electrons. The molecule has 0 saturated heterocycles. The molecule has 0 heterocycles. The van der Waals surface area contributed by atoms with Crippen LogP contribution in [0.2, 0.25) is 0 Å². The van der Waals surface area contributed by atoms with E-state index in [0.717, 1.165) is 18.9 Å². The van der Waals surface area contributed by atoms with Crippen LogP contribution in [0, 0.1) is 22.7 Å². The molecule has 0 bridgehead atoms. The lowest BCUT2D eigenvalue weighted by Crippen LogP contribution is -1.99. The van der Waals surface area contributed by atoms with Crippen molar-refractivity contribution in [3.63, 3.8) is 0 Å². The van der Waals surface area contributed by atoms with E-state index in [9.17, 15) is 9.59 Å².